The molecular weight excluding hydrogens is 250 g/mol. The molecule has 0 radical (unpaired) electrons. The molecular formula is C12H17N3O2S. The van der Waals surface area contributed by atoms with Crippen LogP contribution in [0, 0.1) is 0 Å². The van der Waals surface area contributed by atoms with Crippen LogP contribution in [0.15, 0.2) is 23.1 Å². The minimum absolute atomic E-state index is 0.224. The summed E-state index contributed by atoms with van der Waals surface area (Å²) in [7, 11) is 1.62. The number of hydrogen-bond acceptors (Lipinski definition) is 3. The number of hydrogen-bond donors (Lipinski definition) is 2. The summed E-state index contributed by atoms with van der Waals surface area (Å²) in [6.07, 6.45) is 2.13. The zero-order valence-corrected chi connectivity index (χ0v) is 11.5. The maximum atomic E-state index is 12.0. The number of rotatable bonds is 4. The maximum absolute atomic E-state index is 12.0. The normalized spacial score (nSPS) is 13.7. The van der Waals surface area contributed by atoms with Crippen molar-refractivity contribution in [1.82, 2.24) is 9.88 Å². The summed E-state index contributed by atoms with van der Waals surface area (Å²) in [5, 5.41) is 2.75. The molecule has 5 nitrogen and oxygen atoms in total. The lowest BCUT2D eigenvalue weighted by molar-refractivity contribution is 0.0926. The van der Waals surface area contributed by atoms with E-state index in [0.29, 0.717) is 12.0 Å². The number of nitrogens with two attached hydrogens (primary N) is 1. The standard InChI is InChI=1S/C12H17N3O2S/c1-4-12(2,11(13)18)14-10(17)8-5-6-15(3)9(16)7-8/h5-7H,4H2,1-3H3,(H2,13,18)(H,14,17). The third kappa shape index (κ3) is 2.95. The van der Waals surface area contributed by atoms with Crippen LogP contribution in [0.1, 0.15) is 30.6 Å². The molecule has 1 atom stereocenters. The summed E-state index contributed by atoms with van der Waals surface area (Å²) >= 11 is 4.94. The number of thiocarbonyl (C=S) groups is 1. The second kappa shape index (κ2) is 5.30. The number of carbonyl (C=O) groups is 1. The molecule has 3 N–H and O–H groups in total. The van der Waals surface area contributed by atoms with Crippen molar-refractivity contribution in [2.45, 2.75) is 25.8 Å². The van der Waals surface area contributed by atoms with E-state index in [1.165, 1.54) is 10.6 Å². The highest BCUT2D eigenvalue weighted by Gasteiger charge is 2.28. The predicted molar refractivity (Wildman–Crippen MR) is 74.6 cm³/mol. The first-order valence-corrected chi connectivity index (χ1v) is 6.00. The van der Waals surface area contributed by atoms with E-state index in [4.69, 9.17) is 18.0 Å². The molecule has 0 bridgehead atoms. The van der Waals surface area contributed by atoms with Gasteiger partial charge in [-0.05, 0) is 19.4 Å². The molecule has 1 aromatic heterocycles. The highest BCUT2D eigenvalue weighted by atomic mass is 32.1. The highest BCUT2D eigenvalue weighted by Crippen LogP contribution is 2.10. The Balaban J connectivity index is 2.98. The average Bonchev–Trinajstić information content (AvgIpc) is 2.32. The highest BCUT2D eigenvalue weighted by molar-refractivity contribution is 7.80. The number of aromatic nitrogens is 1. The minimum Gasteiger partial charge on any atom is -0.391 e. The van der Waals surface area contributed by atoms with Crippen LogP contribution >= 0.6 is 12.2 Å². The van der Waals surface area contributed by atoms with Crippen molar-refractivity contribution in [2.24, 2.45) is 12.8 Å². The Bertz CT molecular complexity index is 538. The van der Waals surface area contributed by atoms with Crippen LogP contribution in [0.4, 0.5) is 0 Å². The molecule has 1 amide bonds. The van der Waals surface area contributed by atoms with E-state index >= 15 is 0 Å². The molecule has 98 valence electrons. The van der Waals surface area contributed by atoms with Gasteiger partial charge < -0.3 is 15.6 Å². The quantitative estimate of drug-likeness (QED) is 0.782. The Hall–Kier alpha value is -1.69. The maximum Gasteiger partial charge on any atom is 0.252 e. The molecule has 0 spiro atoms. The minimum atomic E-state index is -0.743. The average molecular weight is 267 g/mol. The number of aryl methyl sites for hydroxylation is 1. The van der Waals surface area contributed by atoms with Crippen LogP contribution in [-0.2, 0) is 7.05 Å². The lowest BCUT2D eigenvalue weighted by Crippen LogP contribution is -2.54. The van der Waals surface area contributed by atoms with Gasteiger partial charge in [0.1, 0.15) is 0 Å². The third-order valence-electron chi connectivity index (χ3n) is 3.01. The van der Waals surface area contributed by atoms with Gasteiger partial charge in [-0.2, -0.15) is 0 Å². The van der Waals surface area contributed by atoms with Crippen LogP contribution in [0.5, 0.6) is 0 Å². The Morgan fingerprint density at radius 3 is 2.67 bits per heavy atom. The summed E-state index contributed by atoms with van der Waals surface area (Å²) < 4.78 is 1.39. The van der Waals surface area contributed by atoms with Gasteiger partial charge in [0.05, 0.1) is 10.5 Å². The monoisotopic (exact) mass is 267 g/mol. The van der Waals surface area contributed by atoms with Crippen molar-refractivity contribution >= 4 is 23.1 Å². The van der Waals surface area contributed by atoms with Crippen molar-refractivity contribution in [3.05, 3.63) is 34.2 Å². The fourth-order valence-corrected chi connectivity index (χ4v) is 1.53. The van der Waals surface area contributed by atoms with Crippen LogP contribution in [-0.4, -0.2) is 21.0 Å². The Kier molecular flexibility index (Phi) is 4.24. The second-order valence-corrected chi connectivity index (χ2v) is 4.81. The zero-order chi connectivity index (χ0) is 13.9. The molecule has 18 heavy (non-hydrogen) atoms. The number of amides is 1. The van der Waals surface area contributed by atoms with Crippen molar-refractivity contribution in [3.63, 3.8) is 0 Å². The van der Waals surface area contributed by atoms with Crippen molar-refractivity contribution in [3.8, 4) is 0 Å². The first-order valence-electron chi connectivity index (χ1n) is 5.59. The number of nitrogens with zero attached hydrogens (tertiary/aromatic N) is 1. The first-order chi connectivity index (χ1) is 8.30. The van der Waals surface area contributed by atoms with Gasteiger partial charge in [-0.25, -0.2) is 0 Å². The topological polar surface area (TPSA) is 77.1 Å². The summed E-state index contributed by atoms with van der Waals surface area (Å²) in [4.78, 5) is 23.7. The molecule has 0 saturated carbocycles. The Labute approximate surface area is 111 Å². The fraction of sp³-hybridized carbons (Fsp3) is 0.417. The molecule has 1 aromatic rings. The molecule has 1 rings (SSSR count). The van der Waals surface area contributed by atoms with Crippen LogP contribution in [0.25, 0.3) is 0 Å². The molecule has 0 aromatic carbocycles. The number of pyridine rings is 1. The molecule has 0 aliphatic carbocycles. The van der Waals surface area contributed by atoms with Gasteiger partial charge in [0, 0.05) is 24.9 Å². The van der Waals surface area contributed by atoms with Crippen molar-refractivity contribution in [1.29, 1.82) is 0 Å². The number of nitrogens with one attached hydrogen (secondary N) is 1. The van der Waals surface area contributed by atoms with Gasteiger partial charge in [-0.1, -0.05) is 19.1 Å². The van der Waals surface area contributed by atoms with Crippen LogP contribution in [0.3, 0.4) is 0 Å². The molecule has 0 saturated heterocycles. The van der Waals surface area contributed by atoms with Gasteiger partial charge in [-0.3, -0.25) is 9.59 Å². The molecule has 0 fully saturated rings. The smallest absolute Gasteiger partial charge is 0.252 e. The van der Waals surface area contributed by atoms with Gasteiger partial charge in [-0.15, -0.1) is 0 Å². The number of carbonyl (C=O) groups excluding carboxylic acids is 1. The van der Waals surface area contributed by atoms with E-state index in [-0.39, 0.29) is 16.5 Å². The van der Waals surface area contributed by atoms with E-state index in [1.54, 1.807) is 26.2 Å². The Morgan fingerprint density at radius 2 is 2.22 bits per heavy atom. The third-order valence-corrected chi connectivity index (χ3v) is 3.46. The van der Waals surface area contributed by atoms with Gasteiger partial charge >= 0.3 is 0 Å². The van der Waals surface area contributed by atoms with E-state index in [0.717, 1.165) is 0 Å². The summed E-state index contributed by atoms with van der Waals surface area (Å²) in [6.45, 7) is 3.64. The van der Waals surface area contributed by atoms with Gasteiger partial charge in [0.25, 0.3) is 11.5 Å². The summed E-state index contributed by atoms with van der Waals surface area (Å²) in [5.74, 6) is -0.357. The second-order valence-electron chi connectivity index (χ2n) is 4.37. The predicted octanol–water partition coefficient (Wildman–Crippen LogP) is 0.570. The molecule has 0 aliphatic heterocycles. The van der Waals surface area contributed by atoms with Crippen molar-refractivity contribution < 1.29 is 4.79 Å². The lowest BCUT2D eigenvalue weighted by Gasteiger charge is -2.28. The fourth-order valence-electron chi connectivity index (χ4n) is 1.34. The van der Waals surface area contributed by atoms with Crippen LogP contribution < -0.4 is 16.6 Å². The SMILES string of the molecule is CCC(C)(NC(=O)c1ccn(C)c(=O)c1)C(N)=S. The zero-order valence-electron chi connectivity index (χ0n) is 10.7. The van der Waals surface area contributed by atoms with E-state index in [2.05, 4.69) is 5.32 Å². The van der Waals surface area contributed by atoms with Crippen molar-refractivity contribution in [2.75, 3.05) is 0 Å². The Morgan fingerprint density at radius 1 is 1.61 bits per heavy atom. The largest absolute Gasteiger partial charge is 0.391 e. The summed E-state index contributed by atoms with van der Waals surface area (Å²) in [5.41, 5.74) is 4.93. The van der Waals surface area contributed by atoms with E-state index in [9.17, 15) is 9.59 Å². The van der Waals surface area contributed by atoms with Gasteiger partial charge in [0.15, 0.2) is 0 Å². The van der Waals surface area contributed by atoms with E-state index < -0.39 is 5.54 Å². The van der Waals surface area contributed by atoms with Crippen LogP contribution in [0.2, 0.25) is 0 Å². The lowest BCUT2D eigenvalue weighted by atomic mass is 9.98. The molecule has 1 unspecified atom stereocenters. The van der Waals surface area contributed by atoms with E-state index in [1.807, 2.05) is 6.92 Å². The molecule has 0 aliphatic rings. The van der Waals surface area contributed by atoms with Gasteiger partial charge in [0.2, 0.25) is 0 Å². The first kappa shape index (κ1) is 14.4. The summed E-state index contributed by atoms with van der Waals surface area (Å²) in [6, 6.07) is 2.86. The molecule has 6 heteroatoms. The molecule has 1 heterocycles.